The molecule has 0 aromatic heterocycles. The summed E-state index contributed by atoms with van der Waals surface area (Å²) in [4.78, 5) is 15.6. The lowest BCUT2D eigenvalue weighted by Gasteiger charge is -2.58. The predicted molar refractivity (Wildman–Crippen MR) is 187 cm³/mol. The van der Waals surface area contributed by atoms with Gasteiger partial charge in [-0.05, 0) is 130 Å². The van der Waals surface area contributed by atoms with E-state index in [1.54, 1.807) is 5.57 Å². The smallest absolute Gasteiger partial charge is 0.410 e. The van der Waals surface area contributed by atoms with E-state index in [1.807, 2.05) is 4.90 Å². The highest BCUT2D eigenvalue weighted by atomic mass is 16.6. The van der Waals surface area contributed by atoms with E-state index in [-0.39, 0.29) is 12.2 Å². The number of fused-ring (bicyclic) bond motifs is 5. The van der Waals surface area contributed by atoms with Gasteiger partial charge in [-0.15, -0.1) is 0 Å². The number of ether oxygens (including phenoxy) is 1. The molecule has 0 aromatic rings. The molecule has 6 N–H and O–H groups in total. The zero-order chi connectivity index (χ0) is 32.5. The van der Waals surface area contributed by atoms with Crippen molar-refractivity contribution >= 4 is 6.09 Å². The van der Waals surface area contributed by atoms with Crippen LogP contribution in [0.15, 0.2) is 11.6 Å². The van der Waals surface area contributed by atoms with Crippen molar-refractivity contribution in [1.82, 2.24) is 4.90 Å². The van der Waals surface area contributed by atoms with E-state index in [9.17, 15) is 4.79 Å². The highest BCUT2D eigenvalue weighted by molar-refractivity contribution is 5.67. The summed E-state index contributed by atoms with van der Waals surface area (Å²) in [5.74, 6) is 5.18. The molecule has 0 bridgehead atoms. The molecule has 0 radical (unpaired) electrons. The van der Waals surface area contributed by atoms with Gasteiger partial charge in [0.1, 0.15) is 6.10 Å². The van der Waals surface area contributed by atoms with Gasteiger partial charge in [0.05, 0.1) is 13.1 Å². The second kappa shape index (κ2) is 17.4. The van der Waals surface area contributed by atoms with Crippen LogP contribution in [0.3, 0.4) is 0 Å². The first-order valence-electron chi connectivity index (χ1n) is 19.9. The minimum absolute atomic E-state index is 0.0459. The fourth-order valence-electron chi connectivity index (χ4n) is 10.9. The van der Waals surface area contributed by atoms with Crippen LogP contribution in [0.1, 0.15) is 157 Å². The molecule has 4 aliphatic carbocycles. The molecule has 3 saturated carbocycles. The fourth-order valence-corrected chi connectivity index (χ4v) is 10.9. The third kappa shape index (κ3) is 9.09. The highest BCUT2D eigenvalue weighted by Gasteiger charge is 2.59. The number of nitrogens with zero attached hydrogens (tertiary/aromatic N) is 1. The van der Waals surface area contributed by atoms with Crippen molar-refractivity contribution in [1.29, 1.82) is 0 Å². The first-order valence-corrected chi connectivity index (χ1v) is 19.9. The van der Waals surface area contributed by atoms with Gasteiger partial charge in [-0.1, -0.05) is 78.4 Å². The number of allylic oxidation sites excluding steroid dienone is 1. The number of quaternary nitrogens is 2. The number of amides is 1. The summed E-state index contributed by atoms with van der Waals surface area (Å²) in [6, 6.07) is 0. The number of rotatable bonds is 18. The van der Waals surface area contributed by atoms with Crippen molar-refractivity contribution in [2.24, 2.45) is 46.3 Å². The molecule has 45 heavy (non-hydrogen) atoms. The minimum Gasteiger partial charge on any atom is -0.446 e. The normalized spacial score (nSPS) is 33.2. The summed E-state index contributed by atoms with van der Waals surface area (Å²) in [6.45, 7) is 16.3. The van der Waals surface area contributed by atoms with Crippen LogP contribution in [0, 0.1) is 46.3 Å². The Morgan fingerprint density at radius 3 is 2.16 bits per heavy atom. The zero-order valence-electron chi connectivity index (χ0n) is 30.6. The monoisotopic (exact) mass is 630 g/mol. The van der Waals surface area contributed by atoms with Crippen LogP contribution in [-0.4, -0.2) is 43.3 Å². The molecular formula is C40H75N3O2+2. The summed E-state index contributed by atoms with van der Waals surface area (Å²) < 4.78 is 6.34. The Bertz CT molecular complexity index is 921. The minimum atomic E-state index is -0.0554. The molecule has 3 fully saturated rings. The Morgan fingerprint density at radius 2 is 1.51 bits per heavy atom. The Balaban J connectivity index is 1.34. The summed E-state index contributed by atoms with van der Waals surface area (Å²) in [5, 5.41) is 0. The van der Waals surface area contributed by atoms with Crippen molar-refractivity contribution in [3.05, 3.63) is 11.6 Å². The van der Waals surface area contributed by atoms with Gasteiger partial charge >= 0.3 is 6.09 Å². The molecular weight excluding hydrogens is 554 g/mol. The topological polar surface area (TPSA) is 84.8 Å². The molecule has 5 nitrogen and oxygen atoms in total. The molecule has 0 spiro atoms. The second-order valence-electron chi connectivity index (χ2n) is 17.1. The van der Waals surface area contributed by atoms with E-state index in [0.29, 0.717) is 10.8 Å². The van der Waals surface area contributed by atoms with E-state index in [1.165, 1.54) is 96.3 Å². The van der Waals surface area contributed by atoms with Crippen LogP contribution in [0.5, 0.6) is 0 Å². The third-order valence-electron chi connectivity index (χ3n) is 13.6. The maximum Gasteiger partial charge on any atom is 0.410 e. The Kier molecular flexibility index (Phi) is 14.2. The van der Waals surface area contributed by atoms with Crippen LogP contribution < -0.4 is 11.5 Å². The molecule has 260 valence electrons. The van der Waals surface area contributed by atoms with Crippen molar-refractivity contribution in [3.8, 4) is 0 Å². The zero-order valence-corrected chi connectivity index (χ0v) is 30.6. The lowest BCUT2D eigenvalue weighted by Crippen LogP contribution is -2.51. The maximum absolute atomic E-state index is 13.5. The molecule has 5 heteroatoms. The largest absolute Gasteiger partial charge is 0.446 e. The summed E-state index contributed by atoms with van der Waals surface area (Å²) in [5.41, 5.74) is 10.4. The number of unbranched alkanes of at least 4 members (excludes halogenated alkanes) is 6. The maximum atomic E-state index is 13.5. The molecule has 0 aliphatic heterocycles. The van der Waals surface area contributed by atoms with E-state index < -0.39 is 0 Å². The quantitative estimate of drug-likeness (QED) is 0.118. The van der Waals surface area contributed by atoms with Crippen LogP contribution in [0.25, 0.3) is 0 Å². The standard InChI is InChI=1S/C40H73N3O2/c1-30(2)15-14-16-31(3)35-19-20-36-34-18-17-32-29-33(21-23-39(32,4)37(34)22-24-40(35,36)5)45-38(44)43(27-12-8-6-10-25-41)28-13-9-7-11-26-42/h17,30-31,33-37H,6-16,18-29,41-42H2,1-5H3/p+2/t31-,33+,34+,35-,36+,37+,39+,40-/m1/s1. The molecule has 0 saturated heterocycles. The second-order valence-corrected chi connectivity index (χ2v) is 17.1. The van der Waals surface area contributed by atoms with Gasteiger partial charge in [0.25, 0.3) is 0 Å². The lowest BCUT2D eigenvalue weighted by atomic mass is 9.47. The summed E-state index contributed by atoms with van der Waals surface area (Å²) in [6.07, 6.45) is 26.3. The number of carbonyl (C=O) groups excluding carboxylic acids is 1. The average Bonchev–Trinajstić information content (AvgIpc) is 3.37. The Hall–Kier alpha value is -1.07. The van der Waals surface area contributed by atoms with Gasteiger partial charge in [0, 0.05) is 19.5 Å². The van der Waals surface area contributed by atoms with Crippen molar-refractivity contribution in [3.63, 3.8) is 0 Å². The van der Waals surface area contributed by atoms with Crippen LogP contribution >= 0.6 is 0 Å². The van der Waals surface area contributed by atoms with Crippen molar-refractivity contribution in [2.45, 2.75) is 163 Å². The van der Waals surface area contributed by atoms with Gasteiger partial charge in [-0.3, -0.25) is 0 Å². The molecule has 0 unspecified atom stereocenters. The molecule has 1 amide bonds. The van der Waals surface area contributed by atoms with Gasteiger partial charge in [0.2, 0.25) is 0 Å². The molecule has 8 atom stereocenters. The Labute approximate surface area is 278 Å². The van der Waals surface area contributed by atoms with Gasteiger partial charge < -0.3 is 21.1 Å². The van der Waals surface area contributed by atoms with E-state index >= 15 is 0 Å². The van der Waals surface area contributed by atoms with Crippen molar-refractivity contribution < 1.29 is 21.0 Å². The SMILES string of the molecule is CC(C)CCC[C@@H](C)[C@H]1CC[C@H]2[C@@H]3CC=C4C[C@@H](OC(=O)N(CCCCCC[NH3+])CCCCCC[NH3+])CC[C@]4(C)[C@H]3CC[C@]12C. The predicted octanol–water partition coefficient (Wildman–Crippen LogP) is 8.44. The van der Waals surface area contributed by atoms with Gasteiger partial charge in [-0.2, -0.15) is 0 Å². The van der Waals surface area contributed by atoms with E-state index in [0.717, 1.165) is 87.4 Å². The average molecular weight is 630 g/mol. The first kappa shape index (κ1) is 36.8. The van der Waals surface area contributed by atoms with Crippen molar-refractivity contribution in [2.75, 3.05) is 26.2 Å². The van der Waals surface area contributed by atoms with Crippen LogP contribution in [0.4, 0.5) is 4.79 Å². The first-order chi connectivity index (χ1) is 21.6. The molecule has 4 aliphatic rings. The van der Waals surface area contributed by atoms with Crippen LogP contribution in [-0.2, 0) is 4.74 Å². The van der Waals surface area contributed by atoms with E-state index in [4.69, 9.17) is 4.74 Å². The molecule has 0 heterocycles. The number of hydrogen-bond acceptors (Lipinski definition) is 2. The molecule has 4 rings (SSSR count). The number of hydrogen-bond donors (Lipinski definition) is 2. The van der Waals surface area contributed by atoms with Crippen LogP contribution in [0.2, 0.25) is 0 Å². The van der Waals surface area contributed by atoms with E-state index in [2.05, 4.69) is 52.2 Å². The molecule has 0 aromatic carbocycles. The Morgan fingerprint density at radius 1 is 0.844 bits per heavy atom. The summed E-state index contributed by atoms with van der Waals surface area (Å²) in [7, 11) is 0. The van der Waals surface area contributed by atoms with Gasteiger partial charge in [0.15, 0.2) is 0 Å². The van der Waals surface area contributed by atoms with Gasteiger partial charge in [-0.25, -0.2) is 4.79 Å². The highest BCUT2D eigenvalue weighted by Crippen LogP contribution is 2.67. The number of carbonyl (C=O) groups is 1. The lowest BCUT2D eigenvalue weighted by molar-refractivity contribution is -0.368. The summed E-state index contributed by atoms with van der Waals surface area (Å²) >= 11 is 0. The fraction of sp³-hybridized carbons (Fsp3) is 0.925. The third-order valence-corrected chi connectivity index (χ3v) is 13.6.